The Morgan fingerprint density at radius 2 is 2.33 bits per heavy atom. The Labute approximate surface area is 126 Å². The molecule has 1 N–H and O–H groups in total. The van der Waals surface area contributed by atoms with Crippen LogP contribution in [0.5, 0.6) is 0 Å². The van der Waals surface area contributed by atoms with E-state index in [1.54, 1.807) is 23.7 Å². The lowest BCUT2D eigenvalue weighted by Gasteiger charge is -2.20. The summed E-state index contributed by atoms with van der Waals surface area (Å²) in [6.07, 6.45) is 4.60. The third-order valence-electron chi connectivity index (χ3n) is 3.76. The van der Waals surface area contributed by atoms with Gasteiger partial charge in [0.2, 0.25) is 11.7 Å². The van der Waals surface area contributed by atoms with Crippen molar-refractivity contribution >= 4 is 11.3 Å². The van der Waals surface area contributed by atoms with Crippen LogP contribution in [0.3, 0.4) is 0 Å². The molecule has 0 bridgehead atoms. The lowest BCUT2D eigenvalue weighted by Crippen LogP contribution is -2.29. The molecule has 3 aromatic heterocycles. The minimum absolute atomic E-state index is 0.00164. The van der Waals surface area contributed by atoms with Gasteiger partial charge in [-0.25, -0.2) is 0 Å². The molecular formula is C15H14N4OS. The molecule has 0 fully saturated rings. The molecule has 6 heteroatoms. The fraction of sp³-hybridized carbons (Fsp3) is 0.267. The number of aromatic nitrogens is 3. The van der Waals surface area contributed by atoms with Crippen LogP contribution in [0.15, 0.2) is 34.4 Å². The number of nitrogens with one attached hydrogen (secondary N) is 1. The molecule has 1 atom stereocenters. The van der Waals surface area contributed by atoms with Gasteiger partial charge in [-0.15, -0.1) is 11.3 Å². The Balaban J connectivity index is 1.72. The third kappa shape index (κ3) is 2.16. The monoisotopic (exact) mass is 298 g/mol. The van der Waals surface area contributed by atoms with Crippen molar-refractivity contribution in [2.45, 2.75) is 19.4 Å². The summed E-state index contributed by atoms with van der Waals surface area (Å²) in [5.74, 6) is 1.22. The normalized spacial score (nSPS) is 17.7. The van der Waals surface area contributed by atoms with Crippen LogP contribution >= 0.6 is 11.3 Å². The molecule has 21 heavy (non-hydrogen) atoms. The highest BCUT2D eigenvalue weighted by Crippen LogP contribution is 2.32. The average molecular weight is 298 g/mol. The molecule has 4 heterocycles. The summed E-state index contributed by atoms with van der Waals surface area (Å²) in [7, 11) is 0. The Bertz CT molecular complexity index is 779. The number of hydrogen-bond acceptors (Lipinski definition) is 6. The van der Waals surface area contributed by atoms with E-state index in [4.69, 9.17) is 4.52 Å². The van der Waals surface area contributed by atoms with E-state index in [0.717, 1.165) is 24.1 Å². The van der Waals surface area contributed by atoms with Crippen molar-refractivity contribution in [1.29, 1.82) is 0 Å². The number of rotatable bonds is 2. The number of thiophene rings is 1. The number of aryl methyl sites for hydroxylation is 1. The predicted octanol–water partition coefficient (Wildman–Crippen LogP) is 2.74. The number of nitrogens with zero attached hydrogens (tertiary/aromatic N) is 3. The summed E-state index contributed by atoms with van der Waals surface area (Å²) in [5, 5.41) is 9.69. The van der Waals surface area contributed by atoms with Gasteiger partial charge in [-0.3, -0.25) is 4.98 Å². The zero-order valence-corrected chi connectivity index (χ0v) is 12.4. The molecule has 0 radical (unpaired) electrons. The first-order chi connectivity index (χ1) is 10.3. The molecule has 5 nitrogen and oxygen atoms in total. The predicted molar refractivity (Wildman–Crippen MR) is 80.1 cm³/mol. The van der Waals surface area contributed by atoms with Gasteiger partial charge in [0.25, 0.3) is 0 Å². The number of pyridine rings is 1. The fourth-order valence-electron chi connectivity index (χ4n) is 2.63. The fourth-order valence-corrected chi connectivity index (χ4v) is 3.55. The molecule has 3 aromatic rings. The first-order valence-corrected chi connectivity index (χ1v) is 7.75. The first kappa shape index (κ1) is 12.7. The quantitative estimate of drug-likeness (QED) is 0.788. The molecule has 0 spiro atoms. The second-order valence-corrected chi connectivity index (χ2v) is 6.08. The van der Waals surface area contributed by atoms with Gasteiger partial charge in [0.05, 0.1) is 0 Å². The molecule has 1 unspecified atom stereocenters. The van der Waals surface area contributed by atoms with Crippen LogP contribution in [-0.4, -0.2) is 21.7 Å². The van der Waals surface area contributed by atoms with Crippen molar-refractivity contribution in [3.05, 3.63) is 51.8 Å². The standard InChI is InChI=1S/C15H14N4OS/c1-9-2-5-16-8-11(9)14-18-15(20-19-14)13-10-4-7-21-12(10)3-6-17-13/h2,4-5,7-8,13,17H,3,6H2,1H3. The summed E-state index contributed by atoms with van der Waals surface area (Å²) >= 11 is 1.79. The van der Waals surface area contributed by atoms with Crippen molar-refractivity contribution in [1.82, 2.24) is 20.4 Å². The lowest BCUT2D eigenvalue weighted by molar-refractivity contribution is 0.344. The summed E-state index contributed by atoms with van der Waals surface area (Å²) in [6, 6.07) is 4.08. The minimum atomic E-state index is -0.00164. The van der Waals surface area contributed by atoms with Crippen molar-refractivity contribution < 1.29 is 4.52 Å². The second-order valence-electron chi connectivity index (χ2n) is 5.08. The van der Waals surface area contributed by atoms with E-state index in [-0.39, 0.29) is 6.04 Å². The van der Waals surface area contributed by atoms with E-state index < -0.39 is 0 Å². The Hall–Kier alpha value is -2.05. The summed E-state index contributed by atoms with van der Waals surface area (Å²) in [6.45, 7) is 2.95. The maximum Gasteiger partial charge on any atom is 0.248 e. The van der Waals surface area contributed by atoms with E-state index >= 15 is 0 Å². The van der Waals surface area contributed by atoms with Crippen LogP contribution in [0.1, 0.15) is 27.9 Å². The van der Waals surface area contributed by atoms with Gasteiger partial charge in [-0.2, -0.15) is 4.98 Å². The molecular weight excluding hydrogens is 284 g/mol. The average Bonchev–Trinajstić information content (AvgIpc) is 3.16. The highest BCUT2D eigenvalue weighted by Gasteiger charge is 2.27. The van der Waals surface area contributed by atoms with Crippen LogP contribution in [0.2, 0.25) is 0 Å². The smallest absolute Gasteiger partial charge is 0.248 e. The Morgan fingerprint density at radius 3 is 3.24 bits per heavy atom. The maximum atomic E-state index is 5.49. The van der Waals surface area contributed by atoms with E-state index in [9.17, 15) is 0 Å². The minimum Gasteiger partial charge on any atom is -0.337 e. The zero-order valence-electron chi connectivity index (χ0n) is 11.5. The molecule has 4 rings (SSSR count). The molecule has 0 aromatic carbocycles. The lowest BCUT2D eigenvalue weighted by atomic mass is 10.0. The van der Waals surface area contributed by atoms with Crippen molar-refractivity contribution in [2.75, 3.05) is 6.54 Å². The maximum absolute atomic E-state index is 5.49. The number of fused-ring (bicyclic) bond motifs is 1. The molecule has 0 saturated heterocycles. The summed E-state index contributed by atoms with van der Waals surface area (Å²) in [4.78, 5) is 10.1. The highest BCUT2D eigenvalue weighted by atomic mass is 32.1. The van der Waals surface area contributed by atoms with Crippen LogP contribution in [0.25, 0.3) is 11.4 Å². The van der Waals surface area contributed by atoms with Crippen LogP contribution in [-0.2, 0) is 6.42 Å². The largest absolute Gasteiger partial charge is 0.337 e. The number of hydrogen-bond donors (Lipinski definition) is 1. The van der Waals surface area contributed by atoms with E-state index in [1.165, 1.54) is 10.4 Å². The topological polar surface area (TPSA) is 63.8 Å². The van der Waals surface area contributed by atoms with Gasteiger partial charge in [0.15, 0.2) is 0 Å². The van der Waals surface area contributed by atoms with E-state index in [1.807, 2.05) is 13.0 Å². The summed E-state index contributed by atoms with van der Waals surface area (Å²) in [5.41, 5.74) is 3.25. The molecule has 1 aliphatic heterocycles. The van der Waals surface area contributed by atoms with Crippen LogP contribution < -0.4 is 5.32 Å². The third-order valence-corrected chi connectivity index (χ3v) is 4.76. The van der Waals surface area contributed by atoms with Crippen molar-refractivity contribution in [3.8, 4) is 11.4 Å². The second kappa shape index (κ2) is 5.05. The van der Waals surface area contributed by atoms with Crippen LogP contribution in [0, 0.1) is 6.92 Å². The highest BCUT2D eigenvalue weighted by molar-refractivity contribution is 7.10. The summed E-state index contributed by atoms with van der Waals surface area (Å²) < 4.78 is 5.49. The molecule has 0 saturated carbocycles. The van der Waals surface area contributed by atoms with Gasteiger partial charge >= 0.3 is 0 Å². The SMILES string of the molecule is Cc1ccncc1-c1noc(C2NCCc3sccc32)n1. The van der Waals surface area contributed by atoms with Gasteiger partial charge < -0.3 is 9.84 Å². The first-order valence-electron chi connectivity index (χ1n) is 6.87. The van der Waals surface area contributed by atoms with Gasteiger partial charge in [-0.1, -0.05) is 5.16 Å². The van der Waals surface area contributed by atoms with Crippen LogP contribution in [0.4, 0.5) is 0 Å². The molecule has 0 aliphatic carbocycles. The zero-order chi connectivity index (χ0) is 14.2. The van der Waals surface area contributed by atoms with Crippen molar-refractivity contribution in [3.63, 3.8) is 0 Å². The molecule has 1 aliphatic rings. The van der Waals surface area contributed by atoms with Crippen molar-refractivity contribution in [2.24, 2.45) is 0 Å². The van der Waals surface area contributed by atoms with E-state index in [0.29, 0.717) is 11.7 Å². The van der Waals surface area contributed by atoms with Gasteiger partial charge in [0.1, 0.15) is 6.04 Å². The molecule has 0 amide bonds. The van der Waals surface area contributed by atoms with Gasteiger partial charge in [0, 0.05) is 29.4 Å². The Morgan fingerprint density at radius 1 is 1.38 bits per heavy atom. The molecule has 106 valence electrons. The Kier molecular flexibility index (Phi) is 3.05. The van der Waals surface area contributed by atoms with Gasteiger partial charge in [-0.05, 0) is 42.0 Å². The van der Waals surface area contributed by atoms with E-state index in [2.05, 4.69) is 31.9 Å².